The van der Waals surface area contributed by atoms with Crippen molar-refractivity contribution in [3.8, 4) is 0 Å². The summed E-state index contributed by atoms with van der Waals surface area (Å²) < 4.78 is 37.2. The largest absolute Gasteiger partial charge is 0.356 e. The normalized spacial score (nSPS) is 16.3. The van der Waals surface area contributed by atoms with Crippen LogP contribution in [0.2, 0.25) is 0 Å². The zero-order valence-electron chi connectivity index (χ0n) is 18.5. The van der Waals surface area contributed by atoms with E-state index in [-0.39, 0.29) is 17.0 Å². The average molecular weight is 446 g/mol. The highest BCUT2D eigenvalue weighted by Crippen LogP contribution is 2.40. The highest BCUT2D eigenvalue weighted by molar-refractivity contribution is 7.89. The number of aliphatic imine (C=N–C) groups is 1. The quantitative estimate of drug-likeness (QED) is 0.502. The van der Waals surface area contributed by atoms with E-state index in [1.165, 1.54) is 48.4 Å². The van der Waals surface area contributed by atoms with Crippen LogP contribution in [0.25, 0.3) is 0 Å². The number of nitrogens with one attached hydrogen (secondary N) is 2. The molecule has 0 bridgehead atoms. The monoisotopic (exact) mass is 445 g/mol. The molecule has 0 saturated heterocycles. The first-order valence-corrected chi connectivity index (χ1v) is 12.7. The molecule has 168 valence electrons. The van der Waals surface area contributed by atoms with Crippen LogP contribution in [0.15, 0.2) is 47.5 Å². The van der Waals surface area contributed by atoms with Crippen LogP contribution >= 0.6 is 0 Å². The Morgan fingerprint density at radius 1 is 1.10 bits per heavy atom. The van der Waals surface area contributed by atoms with Gasteiger partial charge in [0.05, 0.1) is 5.75 Å². The second kappa shape index (κ2) is 9.81. The first kappa shape index (κ1) is 23.3. The minimum absolute atomic E-state index is 0.0734. The summed E-state index contributed by atoms with van der Waals surface area (Å²) in [5.74, 6) is 0.113. The predicted octanol–water partition coefficient (Wildman–Crippen LogP) is 3.86. The van der Waals surface area contributed by atoms with Gasteiger partial charge in [-0.05, 0) is 48.6 Å². The molecule has 0 aliphatic heterocycles. The number of benzene rings is 2. The smallest absolute Gasteiger partial charge is 0.191 e. The van der Waals surface area contributed by atoms with Crippen molar-refractivity contribution in [3.05, 3.63) is 70.5 Å². The Hall–Kier alpha value is -2.41. The molecular formula is C24H32FN3O2S. The van der Waals surface area contributed by atoms with Crippen LogP contribution in [0.1, 0.15) is 47.9 Å². The predicted molar refractivity (Wildman–Crippen MR) is 124 cm³/mol. The number of aryl methyl sites for hydroxylation is 1. The average Bonchev–Trinajstić information content (AvgIpc) is 3.19. The Morgan fingerprint density at radius 2 is 1.84 bits per heavy atom. The molecule has 0 unspecified atom stereocenters. The molecule has 5 nitrogen and oxygen atoms in total. The second-order valence-corrected chi connectivity index (χ2v) is 10.8. The summed E-state index contributed by atoms with van der Waals surface area (Å²) in [6, 6.07) is 12.9. The Kier molecular flexibility index (Phi) is 7.36. The molecule has 0 heterocycles. The van der Waals surface area contributed by atoms with E-state index in [1.807, 2.05) is 0 Å². The third-order valence-electron chi connectivity index (χ3n) is 6.04. The molecule has 7 heteroatoms. The van der Waals surface area contributed by atoms with E-state index in [9.17, 15) is 12.8 Å². The van der Waals surface area contributed by atoms with Crippen LogP contribution in [-0.2, 0) is 27.5 Å². The maximum absolute atomic E-state index is 13.8. The van der Waals surface area contributed by atoms with E-state index >= 15 is 0 Å². The number of nitrogens with zero attached hydrogens (tertiary/aromatic N) is 1. The molecule has 2 aromatic rings. The summed E-state index contributed by atoms with van der Waals surface area (Å²) in [6.07, 6.45) is 5.85. The van der Waals surface area contributed by atoms with Gasteiger partial charge in [-0.15, -0.1) is 0 Å². The summed E-state index contributed by atoms with van der Waals surface area (Å²) in [7, 11) is -1.52. The van der Waals surface area contributed by atoms with Crippen molar-refractivity contribution in [3.63, 3.8) is 0 Å². The Labute approximate surface area is 185 Å². The van der Waals surface area contributed by atoms with Crippen molar-refractivity contribution in [2.75, 3.05) is 19.8 Å². The highest BCUT2D eigenvalue weighted by atomic mass is 32.2. The number of halogens is 1. The van der Waals surface area contributed by atoms with Crippen molar-refractivity contribution < 1.29 is 12.8 Å². The summed E-state index contributed by atoms with van der Waals surface area (Å²) >= 11 is 0. The molecule has 1 fully saturated rings. The topological polar surface area (TPSA) is 70.6 Å². The van der Waals surface area contributed by atoms with E-state index < -0.39 is 9.84 Å². The molecule has 1 aliphatic rings. The first-order chi connectivity index (χ1) is 14.7. The summed E-state index contributed by atoms with van der Waals surface area (Å²) in [5, 5.41) is 6.67. The Balaban J connectivity index is 1.70. The summed E-state index contributed by atoms with van der Waals surface area (Å²) in [4.78, 5) is 4.32. The van der Waals surface area contributed by atoms with Gasteiger partial charge in [0.2, 0.25) is 0 Å². The lowest BCUT2D eigenvalue weighted by Crippen LogP contribution is -2.44. The SMILES string of the molecule is CN=C(NCc1cc(F)ccc1CS(C)(=O)=O)NCC1(c2cccc(C)c2)CCCC1. The standard InChI is InChI=1S/C24H32FN3O2S/c1-18-7-6-8-21(13-18)24(11-4-5-12-24)17-28-23(26-2)27-15-20-14-22(25)10-9-19(20)16-31(3,29)30/h6-10,13-14H,4-5,11-12,15-17H2,1-3H3,(H2,26,27,28). The van der Waals surface area contributed by atoms with E-state index in [4.69, 9.17) is 0 Å². The van der Waals surface area contributed by atoms with E-state index in [0.29, 0.717) is 23.6 Å². The van der Waals surface area contributed by atoms with Gasteiger partial charge in [-0.25, -0.2) is 12.8 Å². The minimum Gasteiger partial charge on any atom is -0.356 e. The van der Waals surface area contributed by atoms with Gasteiger partial charge in [0.15, 0.2) is 15.8 Å². The molecule has 2 N–H and O–H groups in total. The molecule has 0 aromatic heterocycles. The van der Waals surface area contributed by atoms with Gasteiger partial charge >= 0.3 is 0 Å². The minimum atomic E-state index is -3.22. The van der Waals surface area contributed by atoms with Crippen LogP contribution in [0, 0.1) is 12.7 Å². The van der Waals surface area contributed by atoms with Crippen molar-refractivity contribution in [1.29, 1.82) is 0 Å². The first-order valence-electron chi connectivity index (χ1n) is 10.7. The van der Waals surface area contributed by atoms with Gasteiger partial charge in [-0.3, -0.25) is 4.99 Å². The highest BCUT2D eigenvalue weighted by Gasteiger charge is 2.35. The molecule has 3 rings (SSSR count). The van der Waals surface area contributed by atoms with Crippen LogP contribution in [0.5, 0.6) is 0 Å². The fourth-order valence-electron chi connectivity index (χ4n) is 4.43. The van der Waals surface area contributed by atoms with E-state index in [0.717, 1.165) is 19.4 Å². The van der Waals surface area contributed by atoms with Gasteiger partial charge in [0.25, 0.3) is 0 Å². The van der Waals surface area contributed by atoms with Crippen molar-refractivity contribution in [2.24, 2.45) is 4.99 Å². The van der Waals surface area contributed by atoms with Gasteiger partial charge < -0.3 is 10.6 Å². The van der Waals surface area contributed by atoms with Crippen molar-refractivity contribution >= 4 is 15.8 Å². The summed E-state index contributed by atoms with van der Waals surface area (Å²) in [6.45, 7) is 3.17. The molecule has 1 aliphatic carbocycles. The van der Waals surface area contributed by atoms with Gasteiger partial charge in [0, 0.05) is 31.8 Å². The third-order valence-corrected chi connectivity index (χ3v) is 6.88. The van der Waals surface area contributed by atoms with Gasteiger partial charge in [-0.2, -0.15) is 0 Å². The zero-order chi connectivity index (χ0) is 22.5. The van der Waals surface area contributed by atoms with Crippen LogP contribution < -0.4 is 10.6 Å². The number of rotatable bonds is 7. The van der Waals surface area contributed by atoms with Gasteiger partial charge in [0.1, 0.15) is 5.82 Å². The molecular weight excluding hydrogens is 413 g/mol. The molecule has 1 saturated carbocycles. The van der Waals surface area contributed by atoms with Crippen LogP contribution in [0.3, 0.4) is 0 Å². The number of guanidine groups is 1. The number of hydrogen-bond donors (Lipinski definition) is 2. The molecule has 2 aromatic carbocycles. The second-order valence-electron chi connectivity index (χ2n) is 8.62. The zero-order valence-corrected chi connectivity index (χ0v) is 19.4. The van der Waals surface area contributed by atoms with E-state index in [2.05, 4.69) is 46.8 Å². The van der Waals surface area contributed by atoms with Crippen LogP contribution in [0.4, 0.5) is 4.39 Å². The maximum atomic E-state index is 13.8. The van der Waals surface area contributed by atoms with Crippen molar-refractivity contribution in [2.45, 2.75) is 50.3 Å². The fourth-order valence-corrected chi connectivity index (χ4v) is 5.28. The molecule has 0 atom stereocenters. The molecule has 0 radical (unpaired) electrons. The van der Waals surface area contributed by atoms with E-state index in [1.54, 1.807) is 7.05 Å². The lowest BCUT2D eigenvalue weighted by Gasteiger charge is -2.31. The number of hydrogen-bond acceptors (Lipinski definition) is 3. The molecule has 0 amide bonds. The maximum Gasteiger partial charge on any atom is 0.191 e. The Bertz CT molecular complexity index is 1040. The lowest BCUT2D eigenvalue weighted by molar-refractivity contribution is 0.431. The third kappa shape index (κ3) is 6.29. The molecule has 0 spiro atoms. The number of sulfone groups is 1. The lowest BCUT2D eigenvalue weighted by atomic mass is 9.78. The van der Waals surface area contributed by atoms with Crippen molar-refractivity contribution in [1.82, 2.24) is 10.6 Å². The Morgan fingerprint density at radius 3 is 2.48 bits per heavy atom. The van der Waals surface area contributed by atoms with Crippen LogP contribution in [-0.4, -0.2) is 34.2 Å². The molecule has 31 heavy (non-hydrogen) atoms. The van der Waals surface area contributed by atoms with Gasteiger partial charge in [-0.1, -0.05) is 48.7 Å². The fraction of sp³-hybridized carbons (Fsp3) is 0.458. The summed E-state index contributed by atoms with van der Waals surface area (Å²) in [5.41, 5.74) is 3.90.